The minimum atomic E-state index is -0.796. The number of ether oxygens (including phenoxy) is 3. The number of fused-ring (bicyclic) bond motifs is 1. The molecule has 1 heterocycles. The Morgan fingerprint density at radius 2 is 2.15 bits per heavy atom. The first-order valence-electron chi connectivity index (χ1n) is 7.72. The number of rotatable bonds is 5. The molecule has 1 amide bonds. The van der Waals surface area contributed by atoms with Gasteiger partial charge in [0, 0.05) is 11.6 Å². The van der Waals surface area contributed by atoms with E-state index in [1.54, 1.807) is 18.2 Å². The van der Waals surface area contributed by atoms with Crippen molar-refractivity contribution in [2.75, 3.05) is 13.4 Å². The van der Waals surface area contributed by atoms with E-state index in [1.807, 2.05) is 6.92 Å². The molecular formula is C18H14FN3O4. The number of nitrogens with zero attached hydrogens (tertiary/aromatic N) is 2. The van der Waals surface area contributed by atoms with Gasteiger partial charge in [0.25, 0.3) is 5.91 Å². The fourth-order valence-corrected chi connectivity index (χ4v) is 2.31. The highest BCUT2D eigenvalue weighted by atomic mass is 19.1. The van der Waals surface area contributed by atoms with Crippen LogP contribution in [0.3, 0.4) is 0 Å². The molecule has 7 nitrogen and oxygen atoms in total. The number of carbonyl (C=O) groups is 1. The molecule has 0 aliphatic carbocycles. The van der Waals surface area contributed by atoms with Gasteiger partial charge in [-0.25, -0.2) is 9.82 Å². The van der Waals surface area contributed by atoms with Crippen LogP contribution in [0.5, 0.6) is 17.2 Å². The van der Waals surface area contributed by atoms with E-state index in [-0.39, 0.29) is 17.9 Å². The van der Waals surface area contributed by atoms with Gasteiger partial charge < -0.3 is 14.2 Å². The fourth-order valence-electron chi connectivity index (χ4n) is 2.31. The smallest absolute Gasteiger partial charge is 0.274 e. The first-order valence-corrected chi connectivity index (χ1v) is 7.72. The van der Waals surface area contributed by atoms with E-state index in [4.69, 9.17) is 19.5 Å². The van der Waals surface area contributed by atoms with Crippen molar-refractivity contribution in [2.24, 2.45) is 5.10 Å². The highest BCUT2D eigenvalue weighted by Gasteiger charge is 2.17. The average molecular weight is 355 g/mol. The minimum Gasteiger partial charge on any atom is -0.493 e. The third-order valence-corrected chi connectivity index (χ3v) is 3.52. The quantitative estimate of drug-likeness (QED) is 0.657. The van der Waals surface area contributed by atoms with Crippen LogP contribution in [-0.4, -0.2) is 25.5 Å². The zero-order valence-corrected chi connectivity index (χ0v) is 13.8. The van der Waals surface area contributed by atoms with Crippen molar-refractivity contribution < 1.29 is 23.4 Å². The number of hydrogen-bond donors (Lipinski definition) is 1. The molecule has 0 bridgehead atoms. The molecule has 2 aromatic rings. The summed E-state index contributed by atoms with van der Waals surface area (Å²) in [5, 5.41) is 12.6. The molecule has 0 spiro atoms. The summed E-state index contributed by atoms with van der Waals surface area (Å²) >= 11 is 0. The lowest BCUT2D eigenvalue weighted by Gasteiger charge is -2.08. The predicted molar refractivity (Wildman–Crippen MR) is 89.9 cm³/mol. The van der Waals surface area contributed by atoms with Gasteiger partial charge in [-0.2, -0.15) is 10.4 Å². The van der Waals surface area contributed by atoms with Gasteiger partial charge in [0.15, 0.2) is 11.5 Å². The van der Waals surface area contributed by atoms with Crippen molar-refractivity contribution in [2.45, 2.75) is 6.92 Å². The summed E-state index contributed by atoms with van der Waals surface area (Å²) in [5.41, 5.74) is 2.73. The Morgan fingerprint density at radius 1 is 1.38 bits per heavy atom. The number of halogens is 1. The van der Waals surface area contributed by atoms with Crippen molar-refractivity contribution in [1.29, 1.82) is 5.26 Å². The van der Waals surface area contributed by atoms with Crippen LogP contribution >= 0.6 is 0 Å². The maximum absolute atomic E-state index is 13.8. The molecule has 0 unspecified atom stereocenters. The Kier molecular flexibility index (Phi) is 4.99. The Morgan fingerprint density at radius 3 is 2.85 bits per heavy atom. The molecular weight excluding hydrogens is 341 g/mol. The zero-order valence-electron chi connectivity index (χ0n) is 13.8. The van der Waals surface area contributed by atoms with E-state index in [1.165, 1.54) is 18.3 Å². The molecule has 0 radical (unpaired) electrons. The lowest BCUT2D eigenvalue weighted by atomic mass is 10.1. The molecule has 0 saturated carbocycles. The second-order valence-electron chi connectivity index (χ2n) is 5.18. The topological polar surface area (TPSA) is 92.9 Å². The summed E-state index contributed by atoms with van der Waals surface area (Å²) in [4.78, 5) is 12.0. The average Bonchev–Trinajstić information content (AvgIpc) is 3.09. The SMILES string of the molecule is CCOc1cc2c(cc1/C=N\NC(=O)c1ccc(C#N)cc1F)OCO2. The van der Waals surface area contributed by atoms with Gasteiger partial charge in [-0.3, -0.25) is 4.79 Å². The monoisotopic (exact) mass is 355 g/mol. The van der Waals surface area contributed by atoms with E-state index in [2.05, 4.69) is 10.5 Å². The number of hydrazone groups is 1. The van der Waals surface area contributed by atoms with Crippen LogP contribution in [-0.2, 0) is 0 Å². The number of nitrogens with one attached hydrogen (secondary N) is 1. The third-order valence-electron chi connectivity index (χ3n) is 3.52. The molecule has 2 aromatic carbocycles. The van der Waals surface area contributed by atoms with E-state index >= 15 is 0 Å². The van der Waals surface area contributed by atoms with Crippen LogP contribution in [0.25, 0.3) is 0 Å². The first kappa shape index (κ1) is 17.2. The van der Waals surface area contributed by atoms with Crippen molar-refractivity contribution in [3.63, 3.8) is 0 Å². The molecule has 26 heavy (non-hydrogen) atoms. The lowest BCUT2D eigenvalue weighted by molar-refractivity contribution is 0.0951. The highest BCUT2D eigenvalue weighted by Crippen LogP contribution is 2.37. The predicted octanol–water partition coefficient (Wildman–Crippen LogP) is 2.59. The van der Waals surface area contributed by atoms with Crippen molar-refractivity contribution in [3.8, 4) is 23.3 Å². The molecule has 0 aromatic heterocycles. The van der Waals surface area contributed by atoms with Gasteiger partial charge in [-0.1, -0.05) is 0 Å². The molecule has 8 heteroatoms. The van der Waals surface area contributed by atoms with Gasteiger partial charge in [-0.15, -0.1) is 0 Å². The maximum atomic E-state index is 13.8. The van der Waals surface area contributed by atoms with E-state index < -0.39 is 11.7 Å². The first-order chi connectivity index (χ1) is 12.6. The minimum absolute atomic E-state index is 0.121. The summed E-state index contributed by atoms with van der Waals surface area (Å²) in [6.45, 7) is 2.39. The maximum Gasteiger partial charge on any atom is 0.274 e. The summed E-state index contributed by atoms with van der Waals surface area (Å²) in [7, 11) is 0. The Labute approximate surface area is 148 Å². The number of benzene rings is 2. The summed E-state index contributed by atoms with van der Waals surface area (Å²) < 4.78 is 30.0. The number of hydrogen-bond acceptors (Lipinski definition) is 6. The molecule has 1 aliphatic rings. The molecule has 3 rings (SSSR count). The van der Waals surface area contributed by atoms with Gasteiger partial charge in [-0.05, 0) is 31.2 Å². The second kappa shape index (κ2) is 7.53. The number of amides is 1. The largest absolute Gasteiger partial charge is 0.493 e. The van der Waals surface area contributed by atoms with Crippen molar-refractivity contribution in [1.82, 2.24) is 5.43 Å². The Bertz CT molecular complexity index is 921. The van der Waals surface area contributed by atoms with Gasteiger partial charge in [0.1, 0.15) is 11.6 Å². The molecule has 1 aliphatic heterocycles. The van der Waals surface area contributed by atoms with Crippen molar-refractivity contribution >= 4 is 12.1 Å². The van der Waals surface area contributed by atoms with Gasteiger partial charge >= 0.3 is 0 Å². The Hall–Kier alpha value is -3.60. The van der Waals surface area contributed by atoms with Gasteiger partial charge in [0.2, 0.25) is 6.79 Å². The summed E-state index contributed by atoms with van der Waals surface area (Å²) in [6.07, 6.45) is 1.37. The van der Waals surface area contributed by atoms with Crippen LogP contribution in [0.15, 0.2) is 35.4 Å². The lowest BCUT2D eigenvalue weighted by Crippen LogP contribution is -2.19. The molecule has 132 valence electrons. The van der Waals surface area contributed by atoms with Crippen LogP contribution in [0, 0.1) is 17.1 Å². The molecule has 0 fully saturated rings. The molecule has 1 N–H and O–H groups in total. The van der Waals surface area contributed by atoms with Crippen LogP contribution < -0.4 is 19.6 Å². The van der Waals surface area contributed by atoms with E-state index in [0.29, 0.717) is 29.4 Å². The number of carbonyl (C=O) groups excluding carboxylic acids is 1. The van der Waals surface area contributed by atoms with Crippen LogP contribution in [0.2, 0.25) is 0 Å². The van der Waals surface area contributed by atoms with Crippen LogP contribution in [0.1, 0.15) is 28.4 Å². The van der Waals surface area contributed by atoms with Crippen molar-refractivity contribution in [3.05, 3.63) is 52.8 Å². The molecule has 0 atom stereocenters. The standard InChI is InChI=1S/C18H14FN3O4/c1-2-24-15-7-17-16(25-10-26-17)6-12(15)9-21-22-18(23)13-4-3-11(8-20)5-14(13)19/h3-7,9H,2,10H2,1H3,(H,22,23)/b21-9-. The summed E-state index contributed by atoms with van der Waals surface area (Å²) in [6, 6.07) is 8.72. The second-order valence-corrected chi connectivity index (χ2v) is 5.18. The molecule has 0 saturated heterocycles. The summed E-state index contributed by atoms with van der Waals surface area (Å²) in [5.74, 6) is 0.0877. The van der Waals surface area contributed by atoms with Crippen LogP contribution in [0.4, 0.5) is 4.39 Å². The zero-order chi connectivity index (χ0) is 18.5. The number of nitriles is 1. The third kappa shape index (κ3) is 3.57. The normalized spacial score (nSPS) is 12.0. The van der Waals surface area contributed by atoms with E-state index in [9.17, 15) is 9.18 Å². The van der Waals surface area contributed by atoms with Gasteiger partial charge in [0.05, 0.1) is 30.0 Å². The van der Waals surface area contributed by atoms with E-state index in [0.717, 1.165) is 6.07 Å². The highest BCUT2D eigenvalue weighted by molar-refractivity contribution is 5.95. The Balaban J connectivity index is 1.76. The fraction of sp³-hybridized carbons (Fsp3) is 0.167.